The van der Waals surface area contributed by atoms with Gasteiger partial charge < -0.3 is 5.32 Å². The first-order chi connectivity index (χ1) is 14.2. The molecule has 5 rings (SSSR count). The van der Waals surface area contributed by atoms with Gasteiger partial charge in [0, 0.05) is 24.7 Å². The van der Waals surface area contributed by atoms with Gasteiger partial charge in [-0.1, -0.05) is 18.2 Å². The number of carbonyl (C=O) groups excluding carboxylic acids is 2. The first-order valence-electron chi connectivity index (χ1n) is 9.95. The van der Waals surface area contributed by atoms with Crippen LogP contribution in [0.15, 0.2) is 48.8 Å². The van der Waals surface area contributed by atoms with Crippen LogP contribution in [-0.2, 0) is 11.2 Å². The Morgan fingerprint density at radius 1 is 1.21 bits per heavy atom. The SMILES string of the molecule is CCN1C(=O)[C@@H](NC(=O)c2ccn(C3CC3)n2)Cc2cnn(-c3ccccc3)c21. The molecule has 2 amide bonds. The Morgan fingerprint density at radius 3 is 2.72 bits per heavy atom. The van der Waals surface area contributed by atoms with E-state index in [2.05, 4.69) is 15.5 Å². The number of rotatable bonds is 5. The Morgan fingerprint density at radius 2 is 2.00 bits per heavy atom. The molecule has 1 N–H and O–H groups in total. The number of aromatic nitrogens is 4. The van der Waals surface area contributed by atoms with E-state index >= 15 is 0 Å². The van der Waals surface area contributed by atoms with Gasteiger partial charge in [-0.15, -0.1) is 0 Å². The third kappa shape index (κ3) is 3.10. The average Bonchev–Trinajstić information content (AvgIpc) is 3.32. The first-order valence-corrected chi connectivity index (χ1v) is 9.95. The molecule has 8 nitrogen and oxygen atoms in total. The molecular weight excluding hydrogens is 368 g/mol. The first kappa shape index (κ1) is 17.7. The van der Waals surface area contributed by atoms with Crippen molar-refractivity contribution in [2.24, 2.45) is 0 Å². The molecule has 0 spiro atoms. The van der Waals surface area contributed by atoms with Crippen molar-refractivity contribution in [3.8, 4) is 5.69 Å². The normalized spacial score (nSPS) is 18.6. The third-order valence-corrected chi connectivity index (χ3v) is 5.45. The van der Waals surface area contributed by atoms with Gasteiger partial charge in [0.15, 0.2) is 0 Å². The zero-order valence-electron chi connectivity index (χ0n) is 16.2. The Bertz CT molecular complexity index is 1070. The molecule has 2 aromatic heterocycles. The van der Waals surface area contributed by atoms with E-state index < -0.39 is 6.04 Å². The van der Waals surface area contributed by atoms with Gasteiger partial charge in [0.05, 0.1) is 17.9 Å². The Hall–Kier alpha value is -3.42. The number of fused-ring (bicyclic) bond motifs is 1. The number of benzene rings is 1. The smallest absolute Gasteiger partial charge is 0.272 e. The van der Waals surface area contributed by atoms with E-state index in [0.29, 0.717) is 24.7 Å². The summed E-state index contributed by atoms with van der Waals surface area (Å²) in [5, 5.41) is 11.7. The minimum Gasteiger partial charge on any atom is -0.338 e. The fourth-order valence-electron chi connectivity index (χ4n) is 3.82. The lowest BCUT2D eigenvalue weighted by Crippen LogP contribution is -2.53. The number of hydrogen-bond acceptors (Lipinski definition) is 4. The number of amides is 2. The van der Waals surface area contributed by atoms with E-state index in [1.165, 1.54) is 0 Å². The summed E-state index contributed by atoms with van der Waals surface area (Å²) in [5.74, 6) is 0.317. The number of nitrogens with one attached hydrogen (secondary N) is 1. The van der Waals surface area contributed by atoms with Gasteiger partial charge in [0.1, 0.15) is 17.6 Å². The number of likely N-dealkylation sites (N-methyl/N-ethyl adjacent to an activating group) is 1. The van der Waals surface area contributed by atoms with E-state index in [4.69, 9.17) is 0 Å². The molecule has 148 valence electrons. The lowest BCUT2D eigenvalue weighted by Gasteiger charge is -2.32. The monoisotopic (exact) mass is 390 g/mol. The van der Waals surface area contributed by atoms with Crippen molar-refractivity contribution in [2.45, 2.75) is 38.3 Å². The summed E-state index contributed by atoms with van der Waals surface area (Å²) in [6.45, 7) is 2.42. The molecule has 1 aliphatic carbocycles. The quantitative estimate of drug-likeness (QED) is 0.723. The van der Waals surface area contributed by atoms with Crippen LogP contribution in [-0.4, -0.2) is 44.0 Å². The van der Waals surface area contributed by atoms with Crippen LogP contribution in [0.2, 0.25) is 0 Å². The molecule has 3 heterocycles. The third-order valence-electron chi connectivity index (χ3n) is 5.45. The number of anilines is 1. The second-order valence-corrected chi connectivity index (χ2v) is 7.47. The number of nitrogens with zero attached hydrogens (tertiary/aromatic N) is 5. The number of para-hydroxylation sites is 1. The van der Waals surface area contributed by atoms with Crippen molar-refractivity contribution in [3.63, 3.8) is 0 Å². The molecule has 2 aliphatic rings. The van der Waals surface area contributed by atoms with Crippen LogP contribution < -0.4 is 10.2 Å². The predicted octanol–water partition coefficient (Wildman–Crippen LogP) is 2.11. The van der Waals surface area contributed by atoms with Gasteiger partial charge in [0.2, 0.25) is 0 Å². The molecular formula is C21H22N6O2. The predicted molar refractivity (Wildman–Crippen MR) is 107 cm³/mol. The Labute approximate surface area is 168 Å². The molecule has 29 heavy (non-hydrogen) atoms. The summed E-state index contributed by atoms with van der Waals surface area (Å²) in [6, 6.07) is 11.2. The van der Waals surface area contributed by atoms with Gasteiger partial charge in [-0.05, 0) is 38.0 Å². The maximum absolute atomic E-state index is 13.1. The van der Waals surface area contributed by atoms with Crippen LogP contribution in [0, 0.1) is 0 Å². The van der Waals surface area contributed by atoms with Crippen LogP contribution in [0.4, 0.5) is 5.82 Å². The van der Waals surface area contributed by atoms with E-state index in [0.717, 1.165) is 29.9 Å². The van der Waals surface area contributed by atoms with Crippen molar-refractivity contribution in [2.75, 3.05) is 11.4 Å². The summed E-state index contributed by atoms with van der Waals surface area (Å²) in [4.78, 5) is 27.5. The van der Waals surface area contributed by atoms with Crippen LogP contribution in [0.3, 0.4) is 0 Å². The fraction of sp³-hybridized carbons (Fsp3) is 0.333. The van der Waals surface area contributed by atoms with Gasteiger partial charge in [-0.3, -0.25) is 19.2 Å². The van der Waals surface area contributed by atoms with E-state index in [1.807, 2.05) is 48.1 Å². The standard InChI is InChI=1S/C21H22N6O2/c1-2-25-20-14(13-22-27(20)16-6-4-3-5-7-16)12-18(21(25)29)23-19(28)17-10-11-26(24-17)15-8-9-15/h3-7,10-11,13,15,18H,2,8-9,12H2,1H3,(H,23,28)/t18-/m0/s1. The molecule has 0 radical (unpaired) electrons. The lowest BCUT2D eigenvalue weighted by atomic mass is 10.0. The van der Waals surface area contributed by atoms with Crippen molar-refractivity contribution in [3.05, 3.63) is 60.0 Å². The Balaban J connectivity index is 1.40. The number of carbonyl (C=O) groups is 2. The molecule has 3 aromatic rings. The number of hydrogen-bond donors (Lipinski definition) is 1. The minimum absolute atomic E-state index is 0.132. The zero-order valence-corrected chi connectivity index (χ0v) is 16.2. The molecule has 0 saturated heterocycles. The molecule has 1 aliphatic heterocycles. The topological polar surface area (TPSA) is 85.1 Å². The van der Waals surface area contributed by atoms with E-state index in [1.54, 1.807) is 21.8 Å². The summed E-state index contributed by atoms with van der Waals surface area (Å²) < 4.78 is 3.62. The lowest BCUT2D eigenvalue weighted by molar-refractivity contribution is -0.120. The largest absolute Gasteiger partial charge is 0.338 e. The fourth-order valence-corrected chi connectivity index (χ4v) is 3.82. The van der Waals surface area contributed by atoms with Crippen LogP contribution in [0.1, 0.15) is 41.9 Å². The molecule has 8 heteroatoms. The minimum atomic E-state index is -0.630. The van der Waals surface area contributed by atoms with E-state index in [-0.39, 0.29) is 11.8 Å². The van der Waals surface area contributed by atoms with E-state index in [9.17, 15) is 9.59 Å². The zero-order chi connectivity index (χ0) is 20.0. The van der Waals surface area contributed by atoms with Gasteiger partial charge >= 0.3 is 0 Å². The molecule has 1 atom stereocenters. The highest BCUT2D eigenvalue weighted by Gasteiger charge is 2.36. The molecule has 1 fully saturated rings. The average molecular weight is 390 g/mol. The van der Waals surface area contributed by atoms with Crippen molar-refractivity contribution >= 4 is 17.6 Å². The van der Waals surface area contributed by atoms with Crippen molar-refractivity contribution in [1.82, 2.24) is 24.9 Å². The molecule has 0 bridgehead atoms. The van der Waals surface area contributed by atoms with Gasteiger partial charge in [-0.25, -0.2) is 4.68 Å². The van der Waals surface area contributed by atoms with Crippen molar-refractivity contribution in [1.29, 1.82) is 0 Å². The molecule has 1 aromatic carbocycles. The maximum atomic E-state index is 13.1. The maximum Gasteiger partial charge on any atom is 0.272 e. The summed E-state index contributed by atoms with van der Waals surface area (Å²) in [5.41, 5.74) is 2.18. The van der Waals surface area contributed by atoms with Gasteiger partial charge in [0.25, 0.3) is 11.8 Å². The molecule has 1 saturated carbocycles. The van der Waals surface area contributed by atoms with Crippen molar-refractivity contribution < 1.29 is 9.59 Å². The summed E-state index contributed by atoms with van der Waals surface area (Å²) in [6.07, 6.45) is 6.22. The highest BCUT2D eigenvalue weighted by atomic mass is 16.2. The van der Waals surface area contributed by atoms with Crippen LogP contribution in [0.25, 0.3) is 5.69 Å². The summed E-state index contributed by atoms with van der Waals surface area (Å²) in [7, 11) is 0. The van der Waals surface area contributed by atoms with Crippen LogP contribution >= 0.6 is 0 Å². The highest BCUT2D eigenvalue weighted by Crippen LogP contribution is 2.34. The van der Waals surface area contributed by atoms with Gasteiger partial charge in [-0.2, -0.15) is 10.2 Å². The second kappa shape index (κ2) is 6.88. The summed E-state index contributed by atoms with van der Waals surface area (Å²) >= 11 is 0. The highest BCUT2D eigenvalue weighted by molar-refractivity contribution is 6.03. The Kier molecular flexibility index (Phi) is 4.19. The second-order valence-electron chi connectivity index (χ2n) is 7.47. The van der Waals surface area contributed by atoms with Crippen LogP contribution in [0.5, 0.6) is 0 Å². The molecule has 0 unspecified atom stereocenters.